The maximum atomic E-state index is 12.9. The molecule has 0 unspecified atom stereocenters. The van der Waals surface area contributed by atoms with Gasteiger partial charge in [0.15, 0.2) is 6.61 Å². The van der Waals surface area contributed by atoms with Crippen LogP contribution >= 0.6 is 0 Å². The highest BCUT2D eigenvalue weighted by atomic mass is 32.2. The summed E-state index contributed by atoms with van der Waals surface area (Å²) in [5.74, 6) is 0.00150. The summed E-state index contributed by atoms with van der Waals surface area (Å²) >= 11 is 0. The third-order valence-electron chi connectivity index (χ3n) is 6.21. The van der Waals surface area contributed by atoms with Crippen LogP contribution in [0.2, 0.25) is 0 Å². The average molecular weight is 508 g/mol. The summed E-state index contributed by atoms with van der Waals surface area (Å²) in [6.07, 6.45) is 0. The second kappa shape index (κ2) is 10.5. The molecule has 4 rings (SSSR count). The molecule has 1 N–H and O–H groups in total. The first-order chi connectivity index (χ1) is 17.2. The van der Waals surface area contributed by atoms with Crippen molar-refractivity contribution in [3.63, 3.8) is 0 Å². The van der Waals surface area contributed by atoms with Gasteiger partial charge in [-0.2, -0.15) is 4.31 Å². The standard InChI is InChI=1S/C27H29N3O5S/c1-4-29(5-2)36(33,34)23-13-10-20(11-14-23)27(32)28-22-12-15-25-24(16-22)30(26(31)18-35-25)17-21-9-7-6-8-19(21)3/h6-16H,4-5,17-18H2,1-3H3,(H,28,32). The number of ether oxygens (including phenoxy) is 1. The molecule has 0 aliphatic carbocycles. The Bertz CT molecular complexity index is 1380. The van der Waals surface area contributed by atoms with E-state index in [0.29, 0.717) is 42.3 Å². The number of amides is 2. The predicted molar refractivity (Wildman–Crippen MR) is 139 cm³/mol. The fraction of sp³-hybridized carbons (Fsp3) is 0.259. The van der Waals surface area contributed by atoms with Crippen LogP contribution in [0.25, 0.3) is 0 Å². The molecule has 9 heteroatoms. The summed E-state index contributed by atoms with van der Waals surface area (Å²) in [6, 6.07) is 18.8. The quantitative estimate of drug-likeness (QED) is 0.493. The highest BCUT2D eigenvalue weighted by Crippen LogP contribution is 2.36. The van der Waals surface area contributed by atoms with Crippen molar-refractivity contribution in [3.05, 3.63) is 83.4 Å². The molecular formula is C27H29N3O5S. The molecule has 0 fully saturated rings. The van der Waals surface area contributed by atoms with Crippen LogP contribution in [0.5, 0.6) is 5.75 Å². The second-order valence-electron chi connectivity index (χ2n) is 8.45. The van der Waals surface area contributed by atoms with Crippen LogP contribution in [0.4, 0.5) is 11.4 Å². The third kappa shape index (κ3) is 5.12. The van der Waals surface area contributed by atoms with Crippen LogP contribution in [0, 0.1) is 6.92 Å². The Morgan fingerprint density at radius 2 is 1.72 bits per heavy atom. The van der Waals surface area contributed by atoms with E-state index in [9.17, 15) is 18.0 Å². The molecule has 0 bridgehead atoms. The Hall–Kier alpha value is -3.69. The fourth-order valence-corrected chi connectivity index (χ4v) is 5.56. The van der Waals surface area contributed by atoms with E-state index in [2.05, 4.69) is 5.32 Å². The fourth-order valence-electron chi connectivity index (χ4n) is 4.11. The number of anilines is 2. The van der Waals surface area contributed by atoms with Gasteiger partial charge in [-0.15, -0.1) is 0 Å². The molecule has 36 heavy (non-hydrogen) atoms. The topological polar surface area (TPSA) is 96.0 Å². The van der Waals surface area contributed by atoms with E-state index < -0.39 is 15.9 Å². The van der Waals surface area contributed by atoms with Crippen molar-refractivity contribution in [2.75, 3.05) is 29.9 Å². The van der Waals surface area contributed by atoms with E-state index >= 15 is 0 Å². The molecule has 8 nitrogen and oxygen atoms in total. The maximum Gasteiger partial charge on any atom is 0.265 e. The zero-order valence-corrected chi connectivity index (χ0v) is 21.3. The number of nitrogens with zero attached hydrogens (tertiary/aromatic N) is 2. The van der Waals surface area contributed by atoms with Gasteiger partial charge in [0.05, 0.1) is 17.1 Å². The number of benzene rings is 3. The Balaban J connectivity index is 1.54. The minimum absolute atomic E-state index is 0.0483. The molecule has 3 aromatic rings. The summed E-state index contributed by atoms with van der Waals surface area (Å²) in [6.45, 7) is 6.63. The van der Waals surface area contributed by atoms with Gasteiger partial charge in [-0.3, -0.25) is 9.59 Å². The normalized spacial score (nSPS) is 13.3. The van der Waals surface area contributed by atoms with Crippen molar-refractivity contribution in [1.29, 1.82) is 0 Å². The van der Waals surface area contributed by atoms with E-state index in [0.717, 1.165) is 11.1 Å². The van der Waals surface area contributed by atoms with Gasteiger partial charge in [0.25, 0.3) is 11.8 Å². The number of nitrogens with one attached hydrogen (secondary N) is 1. The summed E-state index contributed by atoms with van der Waals surface area (Å²) in [7, 11) is -3.60. The first-order valence-corrected chi connectivity index (χ1v) is 13.2. The number of rotatable bonds is 8. The Kier molecular flexibility index (Phi) is 7.42. The van der Waals surface area contributed by atoms with Crippen molar-refractivity contribution < 1.29 is 22.7 Å². The molecule has 0 radical (unpaired) electrons. The maximum absolute atomic E-state index is 12.9. The van der Waals surface area contributed by atoms with Gasteiger partial charge in [-0.1, -0.05) is 38.1 Å². The highest BCUT2D eigenvalue weighted by Gasteiger charge is 2.27. The van der Waals surface area contributed by atoms with Gasteiger partial charge in [-0.05, 0) is 60.5 Å². The van der Waals surface area contributed by atoms with Crippen molar-refractivity contribution in [2.45, 2.75) is 32.2 Å². The highest BCUT2D eigenvalue weighted by molar-refractivity contribution is 7.89. The molecule has 0 spiro atoms. The lowest BCUT2D eigenvalue weighted by molar-refractivity contribution is -0.121. The van der Waals surface area contributed by atoms with Crippen LogP contribution in [0.15, 0.2) is 71.6 Å². The lowest BCUT2D eigenvalue weighted by atomic mass is 10.1. The SMILES string of the molecule is CCN(CC)S(=O)(=O)c1ccc(C(=O)Nc2ccc3c(c2)N(Cc2ccccc2C)C(=O)CO3)cc1. The summed E-state index contributed by atoms with van der Waals surface area (Å²) in [4.78, 5) is 27.4. The monoisotopic (exact) mass is 507 g/mol. The van der Waals surface area contributed by atoms with E-state index in [1.807, 2.05) is 31.2 Å². The molecule has 188 valence electrons. The van der Waals surface area contributed by atoms with E-state index in [-0.39, 0.29) is 17.4 Å². The average Bonchev–Trinajstić information content (AvgIpc) is 2.87. The van der Waals surface area contributed by atoms with E-state index in [1.165, 1.54) is 28.6 Å². The summed E-state index contributed by atoms with van der Waals surface area (Å²) in [5.41, 5.74) is 3.48. The zero-order chi connectivity index (χ0) is 25.9. The van der Waals surface area contributed by atoms with E-state index in [1.54, 1.807) is 36.9 Å². The van der Waals surface area contributed by atoms with Gasteiger partial charge < -0.3 is 15.0 Å². The van der Waals surface area contributed by atoms with Crippen LogP contribution in [-0.4, -0.2) is 44.2 Å². The lowest BCUT2D eigenvalue weighted by Crippen LogP contribution is -2.38. The number of carbonyl (C=O) groups excluding carboxylic acids is 2. The smallest absolute Gasteiger partial charge is 0.265 e. The van der Waals surface area contributed by atoms with Crippen molar-refractivity contribution in [3.8, 4) is 5.75 Å². The molecule has 2 amide bonds. The number of carbonyl (C=O) groups is 2. The predicted octanol–water partition coefficient (Wildman–Crippen LogP) is 4.20. The molecular weight excluding hydrogens is 478 g/mol. The summed E-state index contributed by atoms with van der Waals surface area (Å²) in [5, 5.41) is 2.83. The van der Waals surface area contributed by atoms with Crippen molar-refractivity contribution in [2.24, 2.45) is 0 Å². The van der Waals surface area contributed by atoms with Gasteiger partial charge in [-0.25, -0.2) is 8.42 Å². The number of fused-ring (bicyclic) bond motifs is 1. The number of hydrogen-bond acceptors (Lipinski definition) is 5. The summed E-state index contributed by atoms with van der Waals surface area (Å²) < 4.78 is 32.3. The third-order valence-corrected chi connectivity index (χ3v) is 8.27. The minimum atomic E-state index is -3.60. The Labute approximate surface area is 211 Å². The van der Waals surface area contributed by atoms with Gasteiger partial charge >= 0.3 is 0 Å². The first-order valence-electron chi connectivity index (χ1n) is 11.8. The first kappa shape index (κ1) is 25.4. The Morgan fingerprint density at radius 3 is 2.39 bits per heavy atom. The van der Waals surface area contributed by atoms with Crippen LogP contribution in [0.3, 0.4) is 0 Å². The van der Waals surface area contributed by atoms with Crippen molar-refractivity contribution in [1.82, 2.24) is 4.31 Å². The van der Waals surface area contributed by atoms with Crippen LogP contribution in [0.1, 0.15) is 35.3 Å². The van der Waals surface area contributed by atoms with Gasteiger partial charge in [0.2, 0.25) is 10.0 Å². The van der Waals surface area contributed by atoms with Gasteiger partial charge in [0.1, 0.15) is 5.75 Å². The molecule has 0 atom stereocenters. The molecule has 3 aromatic carbocycles. The molecule has 0 saturated heterocycles. The molecule has 1 aliphatic heterocycles. The number of aryl methyl sites for hydroxylation is 1. The van der Waals surface area contributed by atoms with Gasteiger partial charge in [0, 0.05) is 24.3 Å². The molecule has 1 heterocycles. The molecule has 0 aromatic heterocycles. The van der Waals surface area contributed by atoms with Crippen molar-refractivity contribution >= 4 is 33.2 Å². The minimum Gasteiger partial charge on any atom is -0.482 e. The van der Waals surface area contributed by atoms with Crippen LogP contribution in [-0.2, 0) is 21.4 Å². The largest absolute Gasteiger partial charge is 0.482 e. The molecule has 0 saturated carbocycles. The zero-order valence-electron chi connectivity index (χ0n) is 20.5. The van der Waals surface area contributed by atoms with E-state index in [4.69, 9.17) is 4.74 Å². The second-order valence-corrected chi connectivity index (χ2v) is 10.4. The lowest BCUT2D eigenvalue weighted by Gasteiger charge is -2.30. The molecule has 1 aliphatic rings. The number of hydrogen-bond donors (Lipinski definition) is 1. The Morgan fingerprint density at radius 1 is 1.03 bits per heavy atom. The number of sulfonamides is 1. The van der Waals surface area contributed by atoms with Crippen LogP contribution < -0.4 is 15.0 Å².